The third kappa shape index (κ3) is 5.69. The summed E-state index contributed by atoms with van der Waals surface area (Å²) in [7, 11) is 0. The Kier molecular flexibility index (Phi) is 5.50. The van der Waals surface area contributed by atoms with Gasteiger partial charge in [-0.05, 0) is 22.6 Å². The van der Waals surface area contributed by atoms with Gasteiger partial charge in [0.05, 0.1) is 6.42 Å². The van der Waals surface area contributed by atoms with Crippen molar-refractivity contribution in [1.82, 2.24) is 5.32 Å². The number of carboxylic acid groups (broad SMARTS) is 1. The number of hydrogen-bond donors (Lipinski definition) is 2. The van der Waals surface area contributed by atoms with Crippen molar-refractivity contribution in [3.8, 4) is 0 Å². The van der Waals surface area contributed by atoms with Crippen LogP contribution in [-0.2, 0) is 15.0 Å². The topological polar surface area (TPSA) is 66.4 Å². The molecule has 0 fully saturated rings. The number of carboxylic acids is 1. The van der Waals surface area contributed by atoms with Crippen molar-refractivity contribution < 1.29 is 14.7 Å². The number of amides is 1. The zero-order valence-electron chi connectivity index (χ0n) is 12.1. The number of carbonyl (C=O) groups excluding carboxylic acids is 1. The molecule has 0 aromatic heterocycles. The van der Waals surface area contributed by atoms with Gasteiger partial charge in [0.15, 0.2) is 0 Å². The summed E-state index contributed by atoms with van der Waals surface area (Å²) >= 11 is 0. The first-order chi connectivity index (χ1) is 9.29. The Balaban J connectivity index is 2.53. The molecule has 1 rings (SSSR count). The maximum absolute atomic E-state index is 11.4. The van der Waals surface area contributed by atoms with Crippen molar-refractivity contribution in [1.29, 1.82) is 0 Å². The predicted molar refractivity (Wildman–Crippen MR) is 79.4 cm³/mol. The average molecular weight is 275 g/mol. The summed E-state index contributed by atoms with van der Waals surface area (Å²) in [6, 6.07) is 8.01. The number of carbonyl (C=O) groups is 2. The maximum Gasteiger partial charge on any atom is 0.305 e. The van der Waals surface area contributed by atoms with Crippen molar-refractivity contribution in [3.05, 3.63) is 41.5 Å². The first-order valence-corrected chi connectivity index (χ1v) is 6.57. The number of benzene rings is 1. The van der Waals surface area contributed by atoms with Crippen molar-refractivity contribution in [3.63, 3.8) is 0 Å². The van der Waals surface area contributed by atoms with Gasteiger partial charge in [-0.3, -0.25) is 9.59 Å². The lowest BCUT2D eigenvalue weighted by Crippen LogP contribution is -2.23. The molecule has 1 aromatic carbocycles. The molecule has 0 radical (unpaired) electrons. The zero-order valence-corrected chi connectivity index (χ0v) is 12.1. The SMILES string of the molecule is CC(C)(C)c1ccc(/C=C/C(=O)NCCC(=O)O)cc1. The Morgan fingerprint density at radius 1 is 1.20 bits per heavy atom. The van der Waals surface area contributed by atoms with E-state index in [1.165, 1.54) is 11.6 Å². The molecule has 2 N–H and O–H groups in total. The van der Waals surface area contributed by atoms with E-state index in [-0.39, 0.29) is 24.3 Å². The van der Waals surface area contributed by atoms with Gasteiger partial charge < -0.3 is 10.4 Å². The van der Waals surface area contributed by atoms with Gasteiger partial charge in [-0.15, -0.1) is 0 Å². The molecule has 4 heteroatoms. The van der Waals surface area contributed by atoms with Gasteiger partial charge in [-0.2, -0.15) is 0 Å². The highest BCUT2D eigenvalue weighted by molar-refractivity contribution is 5.91. The molecule has 1 aromatic rings. The summed E-state index contributed by atoms with van der Waals surface area (Å²) in [5, 5.41) is 11.0. The molecule has 0 atom stereocenters. The normalized spacial score (nSPS) is 11.6. The first-order valence-electron chi connectivity index (χ1n) is 6.57. The van der Waals surface area contributed by atoms with Crippen LogP contribution < -0.4 is 5.32 Å². The quantitative estimate of drug-likeness (QED) is 0.812. The molecule has 0 saturated carbocycles. The van der Waals surface area contributed by atoms with Gasteiger partial charge in [0.25, 0.3) is 0 Å². The molecule has 0 bridgehead atoms. The van der Waals surface area contributed by atoms with Crippen molar-refractivity contribution in [2.45, 2.75) is 32.6 Å². The van der Waals surface area contributed by atoms with Crippen molar-refractivity contribution >= 4 is 18.0 Å². The van der Waals surface area contributed by atoms with Gasteiger partial charge in [0.1, 0.15) is 0 Å². The molecule has 1 amide bonds. The highest BCUT2D eigenvalue weighted by Crippen LogP contribution is 2.22. The molecule has 0 aliphatic carbocycles. The number of rotatable bonds is 5. The molecular weight excluding hydrogens is 254 g/mol. The van der Waals surface area contributed by atoms with Crippen LogP contribution in [0, 0.1) is 0 Å². The minimum absolute atomic E-state index is 0.0696. The van der Waals surface area contributed by atoms with E-state index in [0.717, 1.165) is 5.56 Å². The highest BCUT2D eigenvalue weighted by Gasteiger charge is 2.12. The summed E-state index contributed by atoms with van der Waals surface area (Å²) < 4.78 is 0. The van der Waals surface area contributed by atoms with E-state index in [2.05, 4.69) is 26.1 Å². The Labute approximate surface area is 119 Å². The van der Waals surface area contributed by atoms with Gasteiger partial charge in [0, 0.05) is 12.6 Å². The second-order valence-electron chi connectivity index (χ2n) is 5.64. The molecule has 108 valence electrons. The smallest absolute Gasteiger partial charge is 0.305 e. The third-order valence-corrected chi connectivity index (χ3v) is 2.84. The molecular formula is C16H21NO3. The summed E-state index contributed by atoms with van der Waals surface area (Å²) in [4.78, 5) is 21.7. The first kappa shape index (κ1) is 16.0. The fourth-order valence-electron chi connectivity index (χ4n) is 1.62. The largest absolute Gasteiger partial charge is 0.481 e. The van der Waals surface area contributed by atoms with Crippen LogP contribution in [0.25, 0.3) is 6.08 Å². The van der Waals surface area contributed by atoms with Gasteiger partial charge in [-0.1, -0.05) is 45.0 Å². The van der Waals surface area contributed by atoms with Gasteiger partial charge in [-0.25, -0.2) is 0 Å². The predicted octanol–water partition coefficient (Wildman–Crippen LogP) is 2.59. The lowest BCUT2D eigenvalue weighted by molar-refractivity contribution is -0.136. The Morgan fingerprint density at radius 2 is 1.80 bits per heavy atom. The average Bonchev–Trinajstić information content (AvgIpc) is 2.35. The van der Waals surface area contributed by atoms with Crippen LogP contribution in [0.4, 0.5) is 0 Å². The van der Waals surface area contributed by atoms with E-state index in [0.29, 0.717) is 0 Å². The summed E-state index contributed by atoms with van der Waals surface area (Å²) in [5.41, 5.74) is 2.28. The molecule has 0 spiro atoms. The molecule has 0 aliphatic heterocycles. The summed E-state index contributed by atoms with van der Waals surface area (Å²) in [6.07, 6.45) is 3.05. The number of nitrogens with one attached hydrogen (secondary N) is 1. The van der Waals surface area contributed by atoms with Gasteiger partial charge >= 0.3 is 5.97 Å². The summed E-state index contributed by atoms with van der Waals surface area (Å²) in [6.45, 7) is 6.58. The van der Waals surface area contributed by atoms with Crippen molar-refractivity contribution in [2.24, 2.45) is 0 Å². The van der Waals surface area contributed by atoms with Crippen LogP contribution in [0.2, 0.25) is 0 Å². The second-order valence-corrected chi connectivity index (χ2v) is 5.64. The molecule has 0 aliphatic rings. The molecule has 0 saturated heterocycles. The van der Waals surface area contributed by atoms with E-state index in [1.54, 1.807) is 6.08 Å². The monoisotopic (exact) mass is 275 g/mol. The molecule has 20 heavy (non-hydrogen) atoms. The second kappa shape index (κ2) is 6.89. The van der Waals surface area contributed by atoms with E-state index in [4.69, 9.17) is 5.11 Å². The van der Waals surface area contributed by atoms with E-state index >= 15 is 0 Å². The minimum Gasteiger partial charge on any atom is -0.481 e. The fourth-order valence-corrected chi connectivity index (χ4v) is 1.62. The lowest BCUT2D eigenvalue weighted by Gasteiger charge is -2.18. The van der Waals surface area contributed by atoms with Crippen LogP contribution in [0.15, 0.2) is 30.3 Å². The van der Waals surface area contributed by atoms with E-state index in [1.807, 2.05) is 24.3 Å². The number of aliphatic carboxylic acids is 1. The van der Waals surface area contributed by atoms with Crippen LogP contribution in [-0.4, -0.2) is 23.5 Å². The Hall–Kier alpha value is -2.10. The van der Waals surface area contributed by atoms with E-state index in [9.17, 15) is 9.59 Å². The molecule has 0 unspecified atom stereocenters. The van der Waals surface area contributed by atoms with Crippen LogP contribution in [0.1, 0.15) is 38.3 Å². The summed E-state index contributed by atoms with van der Waals surface area (Å²) in [5.74, 6) is -1.21. The van der Waals surface area contributed by atoms with Crippen LogP contribution in [0.3, 0.4) is 0 Å². The maximum atomic E-state index is 11.4. The number of hydrogen-bond acceptors (Lipinski definition) is 2. The molecule has 4 nitrogen and oxygen atoms in total. The standard InChI is InChI=1S/C16H21NO3/c1-16(2,3)13-7-4-12(5-8-13)6-9-14(18)17-11-10-15(19)20/h4-9H,10-11H2,1-3H3,(H,17,18)(H,19,20)/b9-6+. The Morgan fingerprint density at radius 3 is 2.30 bits per heavy atom. The molecule has 0 heterocycles. The van der Waals surface area contributed by atoms with Gasteiger partial charge in [0.2, 0.25) is 5.91 Å². The van der Waals surface area contributed by atoms with Crippen LogP contribution in [0.5, 0.6) is 0 Å². The van der Waals surface area contributed by atoms with Crippen LogP contribution >= 0.6 is 0 Å². The van der Waals surface area contributed by atoms with E-state index < -0.39 is 5.97 Å². The van der Waals surface area contributed by atoms with Crippen molar-refractivity contribution in [2.75, 3.05) is 6.54 Å². The Bertz CT molecular complexity index is 495. The highest BCUT2D eigenvalue weighted by atomic mass is 16.4. The fraction of sp³-hybridized carbons (Fsp3) is 0.375. The minimum atomic E-state index is -0.924. The third-order valence-electron chi connectivity index (χ3n) is 2.84. The lowest BCUT2D eigenvalue weighted by atomic mass is 9.87. The zero-order chi connectivity index (χ0) is 15.2.